The fourth-order valence-corrected chi connectivity index (χ4v) is 5.02. The van der Waals surface area contributed by atoms with Crippen molar-refractivity contribution in [2.75, 3.05) is 18.5 Å². The van der Waals surface area contributed by atoms with E-state index in [2.05, 4.69) is 15.5 Å². The summed E-state index contributed by atoms with van der Waals surface area (Å²) >= 11 is 0. The Morgan fingerprint density at radius 2 is 1.88 bits per heavy atom. The van der Waals surface area contributed by atoms with Crippen molar-refractivity contribution in [1.82, 2.24) is 9.88 Å². The van der Waals surface area contributed by atoms with Crippen LogP contribution in [0, 0.1) is 18.8 Å². The Labute approximate surface area is 231 Å². The lowest BCUT2D eigenvalue weighted by atomic mass is 9.93. The molecule has 1 heterocycles. The average Bonchev–Trinajstić information content (AvgIpc) is 2.96. The van der Waals surface area contributed by atoms with Gasteiger partial charge in [0.1, 0.15) is 18.0 Å². The number of carbonyl (C=O) groups is 2. The standard InChI is InChI=1S/C31H32N4O5/c1-20-15-24(16-21(2)27(20)10-14-37)29(33-25-8-7-23-9-11-32-30(38)28(23)18-25)31(39)35(12-4-13-36)19-22-5-3-6-26(17-22)34-40/h3,5-9,11,13,15-18,29,33,37H,4,10,12,14,19H2,1-2H3,(H,32,38). The van der Waals surface area contributed by atoms with Gasteiger partial charge in [-0.3, -0.25) is 9.59 Å². The van der Waals surface area contributed by atoms with Crippen LogP contribution in [0.2, 0.25) is 0 Å². The summed E-state index contributed by atoms with van der Waals surface area (Å²) in [6.07, 6.45) is 3.00. The average molecular weight is 541 g/mol. The number of H-pyrrole nitrogens is 1. The van der Waals surface area contributed by atoms with Crippen LogP contribution >= 0.6 is 0 Å². The quantitative estimate of drug-likeness (QED) is 0.174. The van der Waals surface area contributed by atoms with E-state index in [0.717, 1.165) is 28.4 Å². The van der Waals surface area contributed by atoms with E-state index in [1.165, 1.54) is 0 Å². The van der Waals surface area contributed by atoms with Crippen LogP contribution < -0.4 is 10.9 Å². The van der Waals surface area contributed by atoms with Crippen LogP contribution in [-0.2, 0) is 22.6 Å². The van der Waals surface area contributed by atoms with Crippen molar-refractivity contribution in [3.8, 4) is 0 Å². The molecule has 0 aliphatic carbocycles. The van der Waals surface area contributed by atoms with Crippen LogP contribution in [0.5, 0.6) is 0 Å². The summed E-state index contributed by atoms with van der Waals surface area (Å²) in [5, 5.41) is 17.1. The van der Waals surface area contributed by atoms with Crippen LogP contribution in [0.1, 0.15) is 40.3 Å². The van der Waals surface area contributed by atoms with Crippen molar-refractivity contribution < 1.29 is 14.7 Å². The van der Waals surface area contributed by atoms with Gasteiger partial charge in [-0.15, -0.1) is 4.91 Å². The SMILES string of the molecule is Cc1cc(C(Nc2ccc3cc[nH]c(=O)c3c2)C(=O)N(CCC=O)Cc2cccc(N=O)c2)cc(C)c1CCO. The molecule has 3 aromatic carbocycles. The van der Waals surface area contributed by atoms with Crippen molar-refractivity contribution in [2.24, 2.45) is 5.18 Å². The number of aliphatic hydroxyl groups excluding tert-OH is 1. The van der Waals surface area contributed by atoms with Crippen molar-refractivity contribution >= 4 is 34.3 Å². The minimum atomic E-state index is -0.847. The maximum atomic E-state index is 14.2. The van der Waals surface area contributed by atoms with E-state index in [4.69, 9.17) is 0 Å². The normalized spacial score (nSPS) is 11.7. The van der Waals surface area contributed by atoms with E-state index < -0.39 is 6.04 Å². The van der Waals surface area contributed by atoms with Gasteiger partial charge in [0, 0.05) is 43.4 Å². The number of benzene rings is 3. The molecule has 1 aromatic heterocycles. The number of pyridine rings is 1. The fraction of sp³-hybridized carbons (Fsp3) is 0.258. The Morgan fingerprint density at radius 1 is 1.10 bits per heavy atom. The molecular weight excluding hydrogens is 508 g/mol. The number of aldehydes is 1. The number of nitrogens with one attached hydrogen (secondary N) is 2. The maximum absolute atomic E-state index is 14.2. The maximum Gasteiger partial charge on any atom is 0.255 e. The molecule has 0 radical (unpaired) electrons. The van der Waals surface area contributed by atoms with Crippen molar-refractivity contribution in [1.29, 1.82) is 0 Å². The molecule has 0 bridgehead atoms. The van der Waals surface area contributed by atoms with Gasteiger partial charge in [-0.1, -0.05) is 30.3 Å². The number of fused-ring (bicyclic) bond motifs is 1. The molecule has 206 valence electrons. The molecule has 4 rings (SSSR count). The van der Waals surface area contributed by atoms with Crippen LogP contribution in [0.25, 0.3) is 10.8 Å². The van der Waals surface area contributed by atoms with E-state index in [9.17, 15) is 24.4 Å². The van der Waals surface area contributed by atoms with Crippen LogP contribution in [-0.4, -0.2) is 40.3 Å². The van der Waals surface area contributed by atoms with Crippen molar-refractivity contribution in [3.05, 3.63) is 110 Å². The first-order chi connectivity index (χ1) is 19.3. The zero-order chi connectivity index (χ0) is 28.6. The van der Waals surface area contributed by atoms with Crippen molar-refractivity contribution in [2.45, 2.75) is 39.3 Å². The summed E-state index contributed by atoms with van der Waals surface area (Å²) in [6.45, 7) is 4.26. The second-order valence-electron chi connectivity index (χ2n) is 9.77. The molecule has 0 aliphatic heterocycles. The fourth-order valence-electron chi connectivity index (χ4n) is 5.02. The minimum Gasteiger partial charge on any atom is -0.396 e. The number of hydrogen-bond acceptors (Lipinski definition) is 7. The highest BCUT2D eigenvalue weighted by molar-refractivity contribution is 5.89. The molecule has 9 heteroatoms. The lowest BCUT2D eigenvalue weighted by molar-refractivity contribution is -0.133. The monoisotopic (exact) mass is 540 g/mol. The number of nitrogens with zero attached hydrogens (tertiary/aromatic N) is 2. The third kappa shape index (κ3) is 6.50. The van der Waals surface area contributed by atoms with Gasteiger partial charge in [0.2, 0.25) is 5.91 Å². The number of aromatic nitrogens is 1. The van der Waals surface area contributed by atoms with Crippen LogP contribution in [0.15, 0.2) is 76.8 Å². The van der Waals surface area contributed by atoms with E-state index >= 15 is 0 Å². The summed E-state index contributed by atoms with van der Waals surface area (Å²) < 4.78 is 0. The summed E-state index contributed by atoms with van der Waals surface area (Å²) in [6, 6.07) is 16.8. The largest absolute Gasteiger partial charge is 0.396 e. The van der Waals surface area contributed by atoms with Gasteiger partial charge >= 0.3 is 0 Å². The van der Waals surface area contributed by atoms with Crippen LogP contribution in [0.4, 0.5) is 11.4 Å². The number of nitroso groups, excluding NO2 is 1. The van der Waals surface area contributed by atoms with Crippen LogP contribution in [0.3, 0.4) is 0 Å². The molecule has 0 saturated carbocycles. The second kappa shape index (κ2) is 12.9. The van der Waals surface area contributed by atoms with E-state index in [1.54, 1.807) is 47.5 Å². The molecular formula is C31H32N4O5. The molecule has 0 aliphatic rings. The van der Waals surface area contributed by atoms with Gasteiger partial charge in [0.15, 0.2) is 0 Å². The first-order valence-electron chi connectivity index (χ1n) is 13.1. The minimum absolute atomic E-state index is 0.0153. The molecule has 0 saturated heterocycles. The highest BCUT2D eigenvalue weighted by Gasteiger charge is 2.27. The molecule has 40 heavy (non-hydrogen) atoms. The number of aryl methyl sites for hydroxylation is 2. The summed E-state index contributed by atoms with van der Waals surface area (Å²) in [5.74, 6) is -0.276. The lowest BCUT2D eigenvalue weighted by Gasteiger charge is -2.29. The van der Waals surface area contributed by atoms with Gasteiger partial charge < -0.3 is 25.1 Å². The first-order valence-corrected chi connectivity index (χ1v) is 13.1. The van der Waals surface area contributed by atoms with E-state index in [1.807, 2.05) is 38.1 Å². The van der Waals surface area contributed by atoms with Gasteiger partial charge in [0.25, 0.3) is 5.56 Å². The Balaban J connectivity index is 1.78. The third-order valence-corrected chi connectivity index (χ3v) is 6.96. The predicted octanol–water partition coefficient (Wildman–Crippen LogP) is 4.85. The van der Waals surface area contributed by atoms with Gasteiger partial charge in [0.05, 0.1) is 0 Å². The number of aliphatic hydroxyl groups is 1. The van der Waals surface area contributed by atoms with E-state index in [-0.39, 0.29) is 43.3 Å². The Morgan fingerprint density at radius 3 is 2.58 bits per heavy atom. The third-order valence-electron chi connectivity index (χ3n) is 6.96. The second-order valence-corrected chi connectivity index (χ2v) is 9.77. The number of carbonyl (C=O) groups excluding carboxylic acids is 2. The van der Waals surface area contributed by atoms with Gasteiger partial charge in [-0.2, -0.15) is 0 Å². The molecule has 1 atom stereocenters. The lowest BCUT2D eigenvalue weighted by Crippen LogP contribution is -2.38. The molecule has 3 N–H and O–H groups in total. The highest BCUT2D eigenvalue weighted by atomic mass is 16.3. The number of aromatic amines is 1. The zero-order valence-corrected chi connectivity index (χ0v) is 22.5. The predicted molar refractivity (Wildman–Crippen MR) is 156 cm³/mol. The van der Waals surface area contributed by atoms with E-state index in [0.29, 0.717) is 28.6 Å². The molecule has 0 spiro atoms. The zero-order valence-electron chi connectivity index (χ0n) is 22.5. The summed E-state index contributed by atoms with van der Waals surface area (Å²) in [7, 11) is 0. The Bertz CT molecular complexity index is 1570. The summed E-state index contributed by atoms with van der Waals surface area (Å²) in [4.78, 5) is 53.3. The molecule has 4 aromatic rings. The summed E-state index contributed by atoms with van der Waals surface area (Å²) in [5.41, 5.74) is 4.93. The topological polar surface area (TPSA) is 132 Å². The number of hydrogen-bond donors (Lipinski definition) is 3. The molecule has 1 amide bonds. The smallest absolute Gasteiger partial charge is 0.255 e. The van der Waals surface area contributed by atoms with Gasteiger partial charge in [-0.05, 0) is 89.0 Å². The molecule has 1 unspecified atom stereocenters. The van der Waals surface area contributed by atoms with Crippen molar-refractivity contribution in [3.63, 3.8) is 0 Å². The Hall–Kier alpha value is -4.63. The number of anilines is 1. The van der Waals surface area contributed by atoms with Gasteiger partial charge in [-0.25, -0.2) is 0 Å². The first kappa shape index (κ1) is 28.4. The molecule has 9 nitrogen and oxygen atoms in total. The highest BCUT2D eigenvalue weighted by Crippen LogP contribution is 2.29. The number of amides is 1. The molecule has 0 fully saturated rings. The Kier molecular flexibility index (Phi) is 9.19. The number of rotatable bonds is 12.